The molecule has 0 spiro atoms. The van der Waals surface area contributed by atoms with Crippen LogP contribution in [-0.4, -0.2) is 84.6 Å². The molecule has 5 aromatic rings. The van der Waals surface area contributed by atoms with Gasteiger partial charge in [0.25, 0.3) is 14.4 Å². The van der Waals surface area contributed by atoms with Crippen molar-refractivity contribution in [3.63, 3.8) is 0 Å². The van der Waals surface area contributed by atoms with Crippen LogP contribution in [0, 0.1) is 30.6 Å². The summed E-state index contributed by atoms with van der Waals surface area (Å²) in [6.45, 7) is 9.73. The molecule has 2 heterocycles. The number of methoxy groups -OCH3 is 2. The molecule has 1 aliphatic heterocycles. The average Bonchev–Trinajstić information content (AvgIpc) is 3.65. The summed E-state index contributed by atoms with van der Waals surface area (Å²) >= 11 is 0. The molecule has 15 heteroatoms. The third-order valence-electron chi connectivity index (χ3n) is 10.8. The fraction of sp³-hybridized carbons (Fsp3) is 0.360. The van der Waals surface area contributed by atoms with Gasteiger partial charge in [0.15, 0.2) is 6.23 Å². The number of nitrogens with one attached hydrogen (secondary N) is 1. The first kappa shape index (κ1) is 48.5. The second-order valence-corrected chi connectivity index (χ2v) is 17.2. The van der Waals surface area contributed by atoms with Crippen LogP contribution in [0.3, 0.4) is 0 Å². The minimum Gasteiger partial charge on any atom is -0.497 e. The number of anilines is 1. The van der Waals surface area contributed by atoms with E-state index in [1.54, 1.807) is 51.6 Å². The third kappa shape index (κ3) is 11.3. The summed E-state index contributed by atoms with van der Waals surface area (Å²) in [5.41, 5.74) is 1.33. The minimum absolute atomic E-state index is 0.0370. The van der Waals surface area contributed by atoms with E-state index in [-0.39, 0.29) is 44.1 Å². The van der Waals surface area contributed by atoms with Crippen molar-refractivity contribution in [1.82, 2.24) is 14.2 Å². The SMILES string of the molecule is C#CCOC1[C@@H](OP(OCCC#N)N(C(C)C)C(C)C)[C@@H](COC(c2ccccc2)(c2ccc(OC)cc2)c2ccc(OC)cc2)O[C@H]1n1cc(C)c(NC(=O)c2ccccc2)nc1=O. The van der Waals surface area contributed by atoms with Gasteiger partial charge in [0.1, 0.15) is 47.8 Å². The van der Waals surface area contributed by atoms with Crippen LogP contribution < -0.4 is 20.5 Å². The van der Waals surface area contributed by atoms with Gasteiger partial charge in [-0.05, 0) is 87.7 Å². The minimum atomic E-state index is -1.88. The summed E-state index contributed by atoms with van der Waals surface area (Å²) in [5.74, 6) is 3.57. The van der Waals surface area contributed by atoms with Crippen molar-refractivity contribution in [3.8, 4) is 29.9 Å². The second-order valence-electron chi connectivity index (χ2n) is 15.8. The Kier molecular flexibility index (Phi) is 17.0. The fourth-order valence-corrected chi connectivity index (χ4v) is 9.61. The Balaban J connectivity index is 1.49. The summed E-state index contributed by atoms with van der Waals surface area (Å²) in [7, 11) is 1.35. The highest BCUT2D eigenvalue weighted by Crippen LogP contribution is 2.51. The highest BCUT2D eigenvalue weighted by molar-refractivity contribution is 7.44. The van der Waals surface area contributed by atoms with E-state index in [0.717, 1.165) is 16.7 Å². The number of aryl methyl sites for hydroxylation is 1. The predicted octanol–water partition coefficient (Wildman–Crippen LogP) is 8.41. The first-order chi connectivity index (χ1) is 31.4. The zero-order valence-electron chi connectivity index (χ0n) is 37.7. The van der Waals surface area contributed by atoms with Crippen molar-refractivity contribution < 1.29 is 37.5 Å². The number of nitriles is 1. The smallest absolute Gasteiger partial charge is 0.351 e. The number of carbonyl (C=O) groups excluding carboxylic acids is 1. The molecule has 1 N–H and O–H groups in total. The summed E-state index contributed by atoms with van der Waals surface area (Å²) < 4.78 is 48.8. The molecule has 14 nitrogen and oxygen atoms in total. The van der Waals surface area contributed by atoms with Gasteiger partial charge in [0.05, 0.1) is 39.9 Å². The van der Waals surface area contributed by atoms with Gasteiger partial charge in [-0.25, -0.2) is 9.46 Å². The standard InChI is InChI=1S/C50H56N5O9P/c1-9-30-60-45-44(64-65(62-31-16-29-51)55(34(2)3)35(4)5)43(63-48(45)54-32-36(6)46(53-49(54)57)52-47(56)37-17-12-10-13-18-37)33-61-50(38-19-14-11-15-20-38,39-21-25-41(58-7)26-22-39)40-23-27-42(59-8)28-24-40/h1,10-15,17-28,32,34-35,43-45,48H,16,30-31,33H2,2-8H3,(H,52,53,56,57)/t43-,44+,45?,48-,65?/m1/s1. The van der Waals surface area contributed by atoms with Crippen molar-refractivity contribution in [2.24, 2.45) is 0 Å². The Hall–Kier alpha value is -5.93. The average molecular weight is 902 g/mol. The molecule has 1 aromatic heterocycles. The molecule has 2 unspecified atom stereocenters. The molecular formula is C50H56N5O9P. The molecule has 1 aliphatic rings. The van der Waals surface area contributed by atoms with Crippen molar-refractivity contribution in [2.45, 2.75) is 83.3 Å². The van der Waals surface area contributed by atoms with E-state index in [4.69, 9.17) is 39.2 Å². The monoisotopic (exact) mass is 901 g/mol. The lowest BCUT2D eigenvalue weighted by Gasteiger charge is -2.39. The molecule has 0 radical (unpaired) electrons. The van der Waals surface area contributed by atoms with Gasteiger partial charge in [-0.1, -0.05) is 78.7 Å². The third-order valence-corrected chi connectivity index (χ3v) is 13.0. The molecule has 5 atom stereocenters. The molecule has 1 amide bonds. The first-order valence-corrected chi connectivity index (χ1v) is 22.5. The van der Waals surface area contributed by atoms with Gasteiger partial charge < -0.3 is 38.0 Å². The Bertz CT molecular complexity index is 2400. The van der Waals surface area contributed by atoms with E-state index in [2.05, 4.69) is 27.0 Å². The van der Waals surface area contributed by atoms with Crippen LogP contribution in [0.4, 0.5) is 5.82 Å². The van der Waals surface area contributed by atoms with Gasteiger partial charge in [-0.2, -0.15) is 10.2 Å². The number of hydrogen-bond acceptors (Lipinski definition) is 12. The van der Waals surface area contributed by atoms with E-state index < -0.39 is 50.3 Å². The number of terminal acetylenes is 1. The Labute approximate surface area is 382 Å². The number of hydrogen-bond donors (Lipinski definition) is 1. The number of nitrogens with zero attached hydrogens (tertiary/aromatic N) is 4. The van der Waals surface area contributed by atoms with Crippen LogP contribution in [0.5, 0.6) is 11.5 Å². The maximum atomic E-state index is 14.2. The number of amides is 1. The summed E-state index contributed by atoms with van der Waals surface area (Å²) in [6, 6.07) is 35.9. The lowest BCUT2D eigenvalue weighted by molar-refractivity contribution is -0.0965. The number of ether oxygens (including phenoxy) is 5. The van der Waals surface area contributed by atoms with Gasteiger partial charge in [0.2, 0.25) is 0 Å². The quantitative estimate of drug-likeness (QED) is 0.0325. The predicted molar refractivity (Wildman–Crippen MR) is 248 cm³/mol. The lowest BCUT2D eigenvalue weighted by atomic mass is 9.80. The molecule has 0 bridgehead atoms. The highest BCUT2D eigenvalue weighted by Gasteiger charge is 2.51. The Morgan fingerprint density at radius 2 is 1.46 bits per heavy atom. The first-order valence-electron chi connectivity index (χ1n) is 21.4. The van der Waals surface area contributed by atoms with Gasteiger partial charge in [-0.15, -0.1) is 6.42 Å². The number of benzene rings is 4. The lowest BCUT2D eigenvalue weighted by Crippen LogP contribution is -2.43. The molecule has 1 saturated heterocycles. The Morgan fingerprint density at radius 3 is 2.00 bits per heavy atom. The van der Waals surface area contributed by atoms with Gasteiger partial charge in [-0.3, -0.25) is 9.36 Å². The maximum absolute atomic E-state index is 14.2. The molecule has 0 aliphatic carbocycles. The van der Waals surface area contributed by atoms with Crippen LogP contribution in [0.1, 0.15) is 73.0 Å². The molecule has 0 saturated carbocycles. The van der Waals surface area contributed by atoms with Crippen LogP contribution >= 0.6 is 8.53 Å². The Morgan fingerprint density at radius 1 is 0.892 bits per heavy atom. The number of aromatic nitrogens is 2. The highest BCUT2D eigenvalue weighted by atomic mass is 31.2. The number of rotatable bonds is 21. The zero-order valence-corrected chi connectivity index (χ0v) is 38.6. The van der Waals surface area contributed by atoms with Crippen molar-refractivity contribution in [2.75, 3.05) is 39.4 Å². The van der Waals surface area contributed by atoms with Crippen LogP contribution in [0.15, 0.2) is 120 Å². The summed E-state index contributed by atoms with van der Waals surface area (Å²) in [5, 5.41) is 12.3. The molecular weight excluding hydrogens is 846 g/mol. The van der Waals surface area contributed by atoms with E-state index >= 15 is 0 Å². The van der Waals surface area contributed by atoms with E-state index in [1.807, 2.05) is 113 Å². The van der Waals surface area contributed by atoms with Crippen molar-refractivity contribution in [3.05, 3.63) is 154 Å². The normalized spacial score (nSPS) is 17.7. The van der Waals surface area contributed by atoms with Gasteiger partial charge in [0, 0.05) is 29.4 Å². The number of carbonyl (C=O) groups is 1. The molecule has 65 heavy (non-hydrogen) atoms. The zero-order chi connectivity index (χ0) is 46.5. The van der Waals surface area contributed by atoms with Crippen molar-refractivity contribution in [1.29, 1.82) is 5.26 Å². The van der Waals surface area contributed by atoms with Crippen LogP contribution in [0.25, 0.3) is 0 Å². The molecule has 340 valence electrons. The van der Waals surface area contributed by atoms with E-state index in [1.165, 1.54) is 4.57 Å². The fourth-order valence-electron chi connectivity index (χ4n) is 7.84. The second kappa shape index (κ2) is 22.8. The topological polar surface area (TPSA) is 156 Å². The van der Waals surface area contributed by atoms with Crippen LogP contribution in [0.2, 0.25) is 0 Å². The van der Waals surface area contributed by atoms with E-state index in [9.17, 15) is 14.9 Å². The van der Waals surface area contributed by atoms with Gasteiger partial charge >= 0.3 is 5.69 Å². The van der Waals surface area contributed by atoms with Crippen LogP contribution in [-0.2, 0) is 28.9 Å². The maximum Gasteiger partial charge on any atom is 0.351 e. The summed E-state index contributed by atoms with van der Waals surface area (Å²) in [6.07, 6.45) is 3.47. The molecule has 4 aromatic carbocycles. The summed E-state index contributed by atoms with van der Waals surface area (Å²) in [4.78, 5) is 31.6. The largest absolute Gasteiger partial charge is 0.497 e. The molecule has 1 fully saturated rings. The van der Waals surface area contributed by atoms with Crippen molar-refractivity contribution >= 4 is 20.3 Å². The van der Waals surface area contributed by atoms with E-state index in [0.29, 0.717) is 22.6 Å². The molecule has 6 rings (SSSR count).